The molecule has 1 aromatic carbocycles. The van der Waals surface area contributed by atoms with Crippen molar-refractivity contribution in [3.63, 3.8) is 0 Å². The number of hydrogen-bond acceptors (Lipinski definition) is 6. The van der Waals surface area contributed by atoms with Crippen LogP contribution in [0, 0.1) is 11.8 Å². The third kappa shape index (κ3) is 8.00. The van der Waals surface area contributed by atoms with Crippen LogP contribution in [0.2, 0.25) is 0 Å². The van der Waals surface area contributed by atoms with Crippen molar-refractivity contribution in [1.82, 2.24) is 15.5 Å². The van der Waals surface area contributed by atoms with Crippen molar-refractivity contribution in [2.24, 2.45) is 11.8 Å². The van der Waals surface area contributed by atoms with Crippen molar-refractivity contribution in [2.45, 2.75) is 70.0 Å². The summed E-state index contributed by atoms with van der Waals surface area (Å²) in [5, 5.41) is 15.6. The number of nitrogens with zero attached hydrogens (tertiary/aromatic N) is 1. The van der Waals surface area contributed by atoms with Crippen LogP contribution in [-0.2, 0) is 23.9 Å². The fraction of sp³-hybridized carbons (Fsp3) is 0.615. The summed E-state index contributed by atoms with van der Waals surface area (Å²) in [6, 6.07) is 6.71. The Morgan fingerprint density at radius 1 is 1.21 bits per heavy atom. The Labute approximate surface area is 219 Å². The summed E-state index contributed by atoms with van der Waals surface area (Å²) >= 11 is 0. The quantitative estimate of drug-likeness (QED) is 0.393. The van der Waals surface area contributed by atoms with Crippen molar-refractivity contribution in [1.29, 1.82) is 0 Å². The second-order valence-electron chi connectivity index (χ2n) is 10.3. The van der Waals surface area contributed by atoms with Gasteiger partial charge < -0.3 is 20.6 Å². The highest BCUT2D eigenvalue weighted by atomic mass is 19.4. The van der Waals surface area contributed by atoms with E-state index in [1.165, 1.54) is 4.90 Å². The molecule has 3 rings (SSSR count). The number of benzene rings is 1. The molecule has 0 aliphatic carbocycles. The van der Waals surface area contributed by atoms with Crippen LogP contribution in [0.4, 0.5) is 13.2 Å². The van der Waals surface area contributed by atoms with Gasteiger partial charge in [0.1, 0.15) is 18.8 Å². The van der Waals surface area contributed by atoms with E-state index >= 15 is 0 Å². The van der Waals surface area contributed by atoms with E-state index in [9.17, 15) is 37.5 Å². The lowest BCUT2D eigenvalue weighted by Gasteiger charge is -2.28. The van der Waals surface area contributed by atoms with E-state index in [4.69, 9.17) is 0 Å². The zero-order valence-corrected chi connectivity index (χ0v) is 21.4. The van der Waals surface area contributed by atoms with Gasteiger partial charge >= 0.3 is 6.36 Å². The fourth-order valence-corrected chi connectivity index (χ4v) is 4.98. The maximum Gasteiger partial charge on any atom is 0.522 e. The van der Waals surface area contributed by atoms with Gasteiger partial charge in [-0.1, -0.05) is 44.2 Å². The summed E-state index contributed by atoms with van der Waals surface area (Å²) in [7, 11) is 0. The zero-order valence-electron chi connectivity index (χ0n) is 21.4. The third-order valence-corrected chi connectivity index (χ3v) is 6.90. The van der Waals surface area contributed by atoms with Crippen LogP contribution < -0.4 is 10.6 Å². The maximum atomic E-state index is 13.5. The molecule has 2 fully saturated rings. The van der Waals surface area contributed by atoms with Gasteiger partial charge in [0.05, 0.1) is 6.04 Å². The van der Waals surface area contributed by atoms with Crippen molar-refractivity contribution in [3.05, 3.63) is 35.9 Å². The highest BCUT2D eigenvalue weighted by molar-refractivity contribution is 5.95. The molecule has 0 radical (unpaired) electrons. The minimum atomic E-state index is -5.04. The summed E-state index contributed by atoms with van der Waals surface area (Å²) in [4.78, 5) is 52.6. The number of rotatable bonds is 11. The van der Waals surface area contributed by atoms with Crippen molar-refractivity contribution in [3.8, 4) is 0 Å². The average molecular weight is 542 g/mol. The van der Waals surface area contributed by atoms with Crippen LogP contribution in [0.1, 0.15) is 51.0 Å². The second-order valence-corrected chi connectivity index (χ2v) is 10.3. The molecule has 0 unspecified atom stereocenters. The molecule has 1 aromatic rings. The van der Waals surface area contributed by atoms with Gasteiger partial charge in [-0.2, -0.15) is 0 Å². The molecule has 0 spiro atoms. The largest absolute Gasteiger partial charge is 0.522 e. The predicted octanol–water partition coefficient (Wildman–Crippen LogP) is 1.89. The van der Waals surface area contributed by atoms with E-state index in [0.717, 1.165) is 5.56 Å². The summed E-state index contributed by atoms with van der Waals surface area (Å²) in [6.45, 7) is 2.87. The lowest BCUT2D eigenvalue weighted by atomic mass is 9.94. The number of aliphatic hydroxyl groups is 1. The number of halogens is 3. The van der Waals surface area contributed by atoms with Crippen LogP contribution in [-0.4, -0.2) is 77.8 Å². The van der Waals surface area contributed by atoms with E-state index in [-0.39, 0.29) is 43.6 Å². The molecule has 3 amide bonds. The SMILES string of the molecule is CC(C)C[C@@H](O)C(=O)N1C[C@H](c2ccccc2)C[C@H]1C(=O)N[C@@H](C[C@@H]1CCNC1=O)C(=O)COC(F)(F)F. The number of likely N-dealkylation sites (tertiary alicyclic amines) is 1. The monoisotopic (exact) mass is 541 g/mol. The number of amides is 3. The number of nitrogens with one attached hydrogen (secondary N) is 2. The summed E-state index contributed by atoms with van der Waals surface area (Å²) < 4.78 is 41.4. The van der Waals surface area contributed by atoms with Crippen molar-refractivity contribution >= 4 is 23.5 Å². The van der Waals surface area contributed by atoms with Gasteiger partial charge in [0.15, 0.2) is 5.78 Å². The van der Waals surface area contributed by atoms with Crippen LogP contribution >= 0.6 is 0 Å². The Morgan fingerprint density at radius 3 is 2.47 bits per heavy atom. The average Bonchev–Trinajstić information content (AvgIpc) is 3.48. The molecule has 5 atom stereocenters. The standard InChI is InChI=1S/C26H34F3N3O6/c1-15(2)10-21(33)25(37)32-13-18(16-6-4-3-5-7-16)12-20(32)24(36)31-19(11-17-8-9-30-23(17)35)22(34)14-38-26(27,28)29/h3-7,15,17-21,33H,8-14H2,1-2H3,(H,30,35)(H,31,36)/t17-,18+,19-,20-,21+/m0/s1. The first kappa shape index (κ1) is 29.6. The van der Waals surface area contributed by atoms with E-state index in [1.54, 1.807) is 0 Å². The van der Waals surface area contributed by atoms with E-state index in [0.29, 0.717) is 13.0 Å². The zero-order chi connectivity index (χ0) is 28.0. The van der Waals surface area contributed by atoms with Gasteiger partial charge in [-0.25, -0.2) is 0 Å². The first-order chi connectivity index (χ1) is 17.9. The molecule has 2 aliphatic heterocycles. The summed E-state index contributed by atoms with van der Waals surface area (Å²) in [5.74, 6) is -3.64. The molecule has 2 saturated heterocycles. The number of ketones is 1. The molecule has 2 aliphatic rings. The van der Waals surface area contributed by atoms with Crippen molar-refractivity contribution < 1.29 is 42.2 Å². The number of ether oxygens (including phenoxy) is 1. The number of hydrogen-bond donors (Lipinski definition) is 3. The number of carbonyl (C=O) groups excluding carboxylic acids is 4. The molecule has 12 heteroatoms. The molecular weight excluding hydrogens is 507 g/mol. The minimum Gasteiger partial charge on any atom is -0.383 e. The molecule has 0 aromatic heterocycles. The van der Waals surface area contributed by atoms with Gasteiger partial charge in [-0.05, 0) is 37.2 Å². The Hall–Kier alpha value is -2.99. The molecule has 2 heterocycles. The van der Waals surface area contributed by atoms with Gasteiger partial charge in [0.25, 0.3) is 5.91 Å². The highest BCUT2D eigenvalue weighted by Crippen LogP contribution is 2.33. The summed E-state index contributed by atoms with van der Waals surface area (Å²) in [5.41, 5.74) is 0.882. The number of alkyl halides is 3. The smallest absolute Gasteiger partial charge is 0.383 e. The Kier molecular flexibility index (Phi) is 9.88. The molecule has 9 nitrogen and oxygen atoms in total. The van der Waals surface area contributed by atoms with Crippen LogP contribution in [0.15, 0.2) is 30.3 Å². The third-order valence-electron chi connectivity index (χ3n) is 6.90. The topological polar surface area (TPSA) is 125 Å². The number of aliphatic hydroxyl groups excluding tert-OH is 1. The Balaban J connectivity index is 1.81. The molecule has 3 N–H and O–H groups in total. The maximum absolute atomic E-state index is 13.5. The first-order valence-corrected chi connectivity index (χ1v) is 12.7. The van der Waals surface area contributed by atoms with Crippen molar-refractivity contribution in [2.75, 3.05) is 19.7 Å². The van der Waals surface area contributed by atoms with E-state index < -0.39 is 54.7 Å². The minimum absolute atomic E-state index is 0.0157. The normalized spacial score (nSPS) is 23.3. The van der Waals surface area contributed by atoms with Gasteiger partial charge in [-0.3, -0.25) is 23.9 Å². The molecular formula is C26H34F3N3O6. The van der Waals surface area contributed by atoms with Crippen LogP contribution in [0.25, 0.3) is 0 Å². The molecule has 210 valence electrons. The fourth-order valence-electron chi connectivity index (χ4n) is 4.98. The highest BCUT2D eigenvalue weighted by Gasteiger charge is 2.43. The van der Waals surface area contributed by atoms with E-state index in [2.05, 4.69) is 15.4 Å². The van der Waals surface area contributed by atoms with Crippen LogP contribution in [0.3, 0.4) is 0 Å². The first-order valence-electron chi connectivity index (χ1n) is 12.7. The molecule has 0 saturated carbocycles. The lowest BCUT2D eigenvalue weighted by Crippen LogP contribution is -2.53. The Morgan fingerprint density at radius 2 is 1.89 bits per heavy atom. The summed E-state index contributed by atoms with van der Waals surface area (Å²) in [6.07, 6.45) is -5.83. The second kappa shape index (κ2) is 12.7. The van der Waals surface area contributed by atoms with Gasteiger partial charge in [-0.15, -0.1) is 13.2 Å². The lowest BCUT2D eigenvalue weighted by molar-refractivity contribution is -0.321. The molecule has 0 bridgehead atoms. The Bertz CT molecular complexity index is 1000. The predicted molar refractivity (Wildman–Crippen MR) is 129 cm³/mol. The van der Waals surface area contributed by atoms with Gasteiger partial charge in [0.2, 0.25) is 11.8 Å². The van der Waals surface area contributed by atoms with Crippen LogP contribution in [0.5, 0.6) is 0 Å². The molecule has 38 heavy (non-hydrogen) atoms. The van der Waals surface area contributed by atoms with E-state index in [1.807, 2.05) is 44.2 Å². The van der Waals surface area contributed by atoms with Gasteiger partial charge in [0, 0.05) is 24.9 Å². The number of Topliss-reactive ketones (excluding diaryl/α,β-unsaturated/α-hetero) is 1. The number of carbonyl (C=O) groups is 4.